The molecule has 4 heterocycles. The standard InChI is InChI=1S/C23H26F6N6O4/c1-13(32-16-8-31-33-21(37)20(16)23(27,28)29)11-38-5-2-19(36)35-4-3-34-10-17-18(39-12-15(34)9-35)6-14(7-30-17)22(24,25)26/h6-8,13,15H,2-5,9-12H2,1H3,(H2,32,33,37)/t13-,15+/m0/s1. The first-order valence-electron chi connectivity index (χ1n) is 12.0. The molecular weight excluding hydrogens is 538 g/mol. The summed E-state index contributed by atoms with van der Waals surface area (Å²) in [6.45, 7) is 3.12. The van der Waals surface area contributed by atoms with Crippen molar-refractivity contribution < 1.29 is 40.6 Å². The number of anilines is 1. The molecule has 0 aliphatic carbocycles. The van der Waals surface area contributed by atoms with Crippen molar-refractivity contribution in [2.75, 3.05) is 44.8 Å². The summed E-state index contributed by atoms with van der Waals surface area (Å²) in [5.41, 5.74) is -3.72. The molecule has 2 aromatic heterocycles. The number of rotatable bonds is 7. The number of amides is 1. The number of halogens is 6. The Hall–Kier alpha value is -3.40. The number of nitrogens with one attached hydrogen (secondary N) is 2. The Bertz CT molecular complexity index is 1240. The molecule has 2 N–H and O–H groups in total. The number of alkyl halides is 6. The van der Waals surface area contributed by atoms with E-state index in [9.17, 15) is 35.9 Å². The van der Waals surface area contributed by atoms with E-state index in [1.165, 1.54) is 0 Å². The van der Waals surface area contributed by atoms with Crippen LogP contribution in [0.2, 0.25) is 0 Å². The molecule has 1 saturated heterocycles. The Kier molecular flexibility index (Phi) is 8.34. The van der Waals surface area contributed by atoms with Gasteiger partial charge in [0.15, 0.2) is 0 Å². The lowest BCUT2D eigenvalue weighted by molar-refractivity contribution is -0.138. The highest BCUT2D eigenvalue weighted by atomic mass is 19.4. The van der Waals surface area contributed by atoms with E-state index in [2.05, 4.69) is 15.4 Å². The highest BCUT2D eigenvalue weighted by Crippen LogP contribution is 2.34. The summed E-state index contributed by atoms with van der Waals surface area (Å²) in [5.74, 6) is -0.126. The van der Waals surface area contributed by atoms with Crippen LogP contribution in [0.5, 0.6) is 5.75 Å². The summed E-state index contributed by atoms with van der Waals surface area (Å²) in [6.07, 6.45) is -7.73. The molecule has 0 saturated carbocycles. The van der Waals surface area contributed by atoms with Crippen molar-refractivity contribution in [3.05, 3.63) is 45.6 Å². The number of ether oxygens (including phenoxy) is 2. The van der Waals surface area contributed by atoms with Crippen LogP contribution in [0.4, 0.5) is 32.0 Å². The van der Waals surface area contributed by atoms with Gasteiger partial charge in [-0.05, 0) is 13.0 Å². The monoisotopic (exact) mass is 564 g/mol. The fourth-order valence-corrected chi connectivity index (χ4v) is 4.41. The molecular formula is C23H26F6N6O4. The number of hydrogen-bond acceptors (Lipinski definition) is 8. The van der Waals surface area contributed by atoms with Crippen LogP contribution in [0.3, 0.4) is 0 Å². The molecule has 0 radical (unpaired) electrons. The fourth-order valence-electron chi connectivity index (χ4n) is 4.41. The number of fused-ring (bicyclic) bond motifs is 2. The quantitative estimate of drug-likeness (QED) is 0.390. The van der Waals surface area contributed by atoms with Gasteiger partial charge in [0.05, 0.1) is 48.8 Å². The highest BCUT2D eigenvalue weighted by Gasteiger charge is 2.38. The van der Waals surface area contributed by atoms with Crippen molar-refractivity contribution in [1.29, 1.82) is 0 Å². The Morgan fingerprint density at radius 3 is 2.72 bits per heavy atom. The van der Waals surface area contributed by atoms with Crippen molar-refractivity contribution in [3.8, 4) is 5.75 Å². The maximum Gasteiger partial charge on any atom is 0.423 e. The summed E-state index contributed by atoms with van der Waals surface area (Å²) < 4.78 is 89.6. The van der Waals surface area contributed by atoms with Crippen molar-refractivity contribution in [2.45, 2.75) is 44.3 Å². The van der Waals surface area contributed by atoms with Crippen LogP contribution in [-0.2, 0) is 28.4 Å². The van der Waals surface area contributed by atoms with Gasteiger partial charge in [-0.3, -0.25) is 19.5 Å². The minimum absolute atomic E-state index is 0.0154. The SMILES string of the molecule is C[C@@H](COCCC(=O)N1CCN2Cc3ncc(C(F)(F)F)cc3OC[C@H]2C1)Nc1cn[nH]c(=O)c1C(F)(F)F. The van der Waals surface area contributed by atoms with E-state index in [-0.39, 0.29) is 43.9 Å². The first kappa shape index (κ1) is 28.6. The van der Waals surface area contributed by atoms with Gasteiger partial charge in [0.2, 0.25) is 5.91 Å². The number of pyridine rings is 1. The number of nitrogens with zero attached hydrogens (tertiary/aromatic N) is 4. The smallest absolute Gasteiger partial charge is 0.423 e. The third-order valence-corrected chi connectivity index (χ3v) is 6.37. The zero-order valence-electron chi connectivity index (χ0n) is 20.7. The first-order valence-corrected chi connectivity index (χ1v) is 12.0. The summed E-state index contributed by atoms with van der Waals surface area (Å²) in [7, 11) is 0. The number of aromatic nitrogens is 3. The molecule has 0 unspecified atom stereocenters. The summed E-state index contributed by atoms with van der Waals surface area (Å²) in [5, 5.41) is 7.70. The Morgan fingerprint density at radius 1 is 1.23 bits per heavy atom. The van der Waals surface area contributed by atoms with Gasteiger partial charge < -0.3 is 19.7 Å². The van der Waals surface area contributed by atoms with Gasteiger partial charge in [0.1, 0.15) is 17.9 Å². The van der Waals surface area contributed by atoms with E-state index in [0.717, 1.165) is 18.5 Å². The Balaban J connectivity index is 1.24. The second kappa shape index (κ2) is 11.4. The molecule has 2 aliphatic rings. The Morgan fingerprint density at radius 2 is 2.00 bits per heavy atom. The minimum atomic E-state index is -4.87. The third kappa shape index (κ3) is 6.98. The Labute approximate surface area is 218 Å². The molecule has 4 rings (SSSR count). The summed E-state index contributed by atoms with van der Waals surface area (Å²) in [4.78, 5) is 31.9. The lowest BCUT2D eigenvalue weighted by Gasteiger charge is -2.39. The minimum Gasteiger partial charge on any atom is -0.490 e. The van der Waals surface area contributed by atoms with Crippen LogP contribution in [0.25, 0.3) is 0 Å². The van der Waals surface area contributed by atoms with E-state index in [0.29, 0.717) is 31.9 Å². The molecule has 0 aromatic carbocycles. The topological polar surface area (TPSA) is 113 Å². The second-order valence-electron chi connectivity index (χ2n) is 9.30. The molecule has 0 spiro atoms. The maximum atomic E-state index is 13.2. The van der Waals surface area contributed by atoms with E-state index >= 15 is 0 Å². The third-order valence-electron chi connectivity index (χ3n) is 6.37. The van der Waals surface area contributed by atoms with Crippen LogP contribution < -0.4 is 15.6 Å². The molecule has 2 aliphatic heterocycles. The number of aromatic amines is 1. The molecule has 0 bridgehead atoms. The second-order valence-corrected chi connectivity index (χ2v) is 9.30. The van der Waals surface area contributed by atoms with Crippen LogP contribution in [0.1, 0.15) is 30.2 Å². The molecule has 2 atom stereocenters. The lowest BCUT2D eigenvalue weighted by atomic mass is 10.1. The molecule has 10 nitrogen and oxygen atoms in total. The van der Waals surface area contributed by atoms with Gasteiger partial charge in [0.25, 0.3) is 5.56 Å². The average Bonchev–Trinajstić information content (AvgIpc) is 3.03. The number of piperazine rings is 1. The van der Waals surface area contributed by atoms with E-state index < -0.39 is 40.8 Å². The van der Waals surface area contributed by atoms with Crippen LogP contribution in [0.15, 0.2) is 23.3 Å². The van der Waals surface area contributed by atoms with E-state index in [1.807, 2.05) is 4.90 Å². The molecule has 1 fully saturated rings. The molecule has 2 aromatic rings. The maximum absolute atomic E-state index is 13.2. The van der Waals surface area contributed by atoms with Gasteiger partial charge in [-0.25, -0.2) is 5.10 Å². The average molecular weight is 564 g/mol. The van der Waals surface area contributed by atoms with Gasteiger partial charge in [-0.15, -0.1) is 0 Å². The number of carbonyl (C=O) groups is 1. The zero-order chi connectivity index (χ0) is 28.4. The van der Waals surface area contributed by atoms with E-state index in [4.69, 9.17) is 9.47 Å². The van der Waals surface area contributed by atoms with Crippen LogP contribution in [-0.4, -0.2) is 82.4 Å². The van der Waals surface area contributed by atoms with Gasteiger partial charge in [0, 0.05) is 38.4 Å². The van der Waals surface area contributed by atoms with Gasteiger partial charge in [-0.2, -0.15) is 31.4 Å². The first-order chi connectivity index (χ1) is 18.3. The number of carbonyl (C=O) groups excluding carboxylic acids is 1. The van der Waals surface area contributed by atoms with Crippen LogP contribution >= 0.6 is 0 Å². The van der Waals surface area contributed by atoms with Crippen molar-refractivity contribution in [3.63, 3.8) is 0 Å². The lowest BCUT2D eigenvalue weighted by Crippen LogP contribution is -2.55. The summed E-state index contributed by atoms with van der Waals surface area (Å²) >= 11 is 0. The van der Waals surface area contributed by atoms with Crippen LogP contribution in [0, 0.1) is 0 Å². The fraction of sp³-hybridized carbons (Fsp3) is 0.565. The predicted molar refractivity (Wildman–Crippen MR) is 124 cm³/mol. The largest absolute Gasteiger partial charge is 0.490 e. The van der Waals surface area contributed by atoms with Crippen molar-refractivity contribution in [1.82, 2.24) is 25.0 Å². The zero-order valence-corrected chi connectivity index (χ0v) is 20.7. The molecule has 39 heavy (non-hydrogen) atoms. The highest BCUT2D eigenvalue weighted by molar-refractivity contribution is 5.76. The van der Waals surface area contributed by atoms with Gasteiger partial charge in [-0.1, -0.05) is 0 Å². The number of hydrogen-bond donors (Lipinski definition) is 2. The van der Waals surface area contributed by atoms with Gasteiger partial charge >= 0.3 is 12.4 Å². The molecule has 214 valence electrons. The molecule has 16 heteroatoms. The van der Waals surface area contributed by atoms with Crippen molar-refractivity contribution >= 4 is 11.6 Å². The van der Waals surface area contributed by atoms with E-state index in [1.54, 1.807) is 16.9 Å². The predicted octanol–water partition coefficient (Wildman–Crippen LogP) is 2.51. The normalized spacial score (nSPS) is 18.9. The molecule has 1 amide bonds. The number of H-pyrrole nitrogens is 1. The summed E-state index contributed by atoms with van der Waals surface area (Å²) in [6, 6.07) is 0.0825. The van der Waals surface area contributed by atoms with Crippen molar-refractivity contribution in [2.24, 2.45) is 0 Å².